The number of aromatic nitrogens is 1. The minimum Gasteiger partial charge on any atom is -0.364 e. The smallest absolute Gasteiger partial charge is 0.186 e. The van der Waals surface area contributed by atoms with E-state index in [1.165, 1.54) is 0 Å². The molecular weight excluding hydrogens is 208 g/mol. The molecule has 0 aliphatic carbocycles. The molecule has 1 aromatic rings. The lowest BCUT2D eigenvalue weighted by molar-refractivity contribution is 0.971. The first-order valence-corrected chi connectivity index (χ1v) is 4.99. The molecule has 0 amide bonds. The highest BCUT2D eigenvalue weighted by Crippen LogP contribution is 2.00. The zero-order chi connectivity index (χ0) is 11.3. The molecule has 1 heterocycles. The third kappa shape index (κ3) is 3.63. The molecule has 80 valence electrons. The van der Waals surface area contributed by atoms with Gasteiger partial charge < -0.3 is 5.32 Å². The molecule has 0 aliphatic heterocycles. The quantitative estimate of drug-likeness (QED) is 0.448. The highest BCUT2D eigenvalue weighted by molar-refractivity contribution is 7.80. The van der Waals surface area contributed by atoms with Crippen molar-refractivity contribution in [1.82, 2.24) is 15.7 Å². The maximum absolute atomic E-state index is 4.90. The van der Waals surface area contributed by atoms with Gasteiger partial charge in [0.15, 0.2) is 5.11 Å². The Hall–Kier alpha value is -1.49. The number of nitrogens with zero attached hydrogens (tertiary/aromatic N) is 2. The van der Waals surface area contributed by atoms with E-state index in [0.717, 1.165) is 17.0 Å². The highest BCUT2D eigenvalue weighted by Gasteiger charge is 1.99. The first-order valence-electron chi connectivity index (χ1n) is 4.58. The summed E-state index contributed by atoms with van der Waals surface area (Å²) in [5, 5.41) is 7.37. The number of hydrazone groups is 1. The first-order chi connectivity index (χ1) is 7.13. The summed E-state index contributed by atoms with van der Waals surface area (Å²) in [5.41, 5.74) is 5.53. The number of hydrogen-bond donors (Lipinski definition) is 2. The van der Waals surface area contributed by atoms with Gasteiger partial charge in [-0.05, 0) is 43.8 Å². The summed E-state index contributed by atoms with van der Waals surface area (Å²) in [6, 6.07) is 3.92. The molecule has 0 fully saturated rings. The van der Waals surface area contributed by atoms with Crippen LogP contribution in [-0.4, -0.2) is 22.9 Å². The summed E-state index contributed by atoms with van der Waals surface area (Å²) in [6.07, 6.45) is 1.76. The average Bonchev–Trinajstić information content (AvgIpc) is 2.25. The molecule has 5 heteroatoms. The van der Waals surface area contributed by atoms with Gasteiger partial charge in [-0.2, -0.15) is 5.10 Å². The van der Waals surface area contributed by atoms with E-state index in [9.17, 15) is 0 Å². The van der Waals surface area contributed by atoms with Gasteiger partial charge in [0.05, 0.1) is 11.4 Å². The van der Waals surface area contributed by atoms with Crippen LogP contribution in [0.4, 0.5) is 0 Å². The number of nitrogens with one attached hydrogen (secondary N) is 2. The van der Waals surface area contributed by atoms with Crippen molar-refractivity contribution in [3.8, 4) is 0 Å². The van der Waals surface area contributed by atoms with Crippen LogP contribution < -0.4 is 10.7 Å². The van der Waals surface area contributed by atoms with Gasteiger partial charge in [-0.3, -0.25) is 10.4 Å². The Balaban J connectivity index is 2.75. The summed E-state index contributed by atoms with van der Waals surface area (Å²) in [5.74, 6) is 0. The molecule has 0 saturated carbocycles. The van der Waals surface area contributed by atoms with Crippen LogP contribution in [0.1, 0.15) is 18.2 Å². The van der Waals surface area contributed by atoms with E-state index in [1.807, 2.05) is 26.0 Å². The zero-order valence-electron chi connectivity index (χ0n) is 9.03. The van der Waals surface area contributed by atoms with E-state index in [1.54, 1.807) is 13.2 Å². The second-order valence-corrected chi connectivity index (χ2v) is 3.51. The van der Waals surface area contributed by atoms with Crippen LogP contribution in [0.3, 0.4) is 0 Å². The van der Waals surface area contributed by atoms with E-state index in [0.29, 0.717) is 5.11 Å². The summed E-state index contributed by atoms with van der Waals surface area (Å²) in [6.45, 7) is 3.90. The standard InChI is InChI=1S/C10H14N4S/c1-7-4-5-12-9(6-7)8(2)13-14-10(15)11-3/h4-6H,1-3H3,(H2,11,14,15)/b13-8+. The van der Waals surface area contributed by atoms with Crippen molar-refractivity contribution in [2.45, 2.75) is 13.8 Å². The number of thiocarbonyl (C=S) groups is 1. The lowest BCUT2D eigenvalue weighted by atomic mass is 10.2. The van der Waals surface area contributed by atoms with Crippen molar-refractivity contribution >= 4 is 23.0 Å². The normalized spacial score (nSPS) is 11.0. The van der Waals surface area contributed by atoms with E-state index in [-0.39, 0.29) is 0 Å². The van der Waals surface area contributed by atoms with Gasteiger partial charge in [0, 0.05) is 13.2 Å². The fraction of sp³-hybridized carbons (Fsp3) is 0.300. The molecule has 0 aromatic carbocycles. The average molecular weight is 222 g/mol. The number of hydrogen-bond acceptors (Lipinski definition) is 3. The van der Waals surface area contributed by atoms with Crippen LogP contribution in [0.15, 0.2) is 23.4 Å². The van der Waals surface area contributed by atoms with Gasteiger partial charge in [-0.25, -0.2) is 0 Å². The molecule has 0 bridgehead atoms. The molecule has 1 rings (SSSR count). The Morgan fingerprint density at radius 1 is 1.53 bits per heavy atom. The molecule has 0 unspecified atom stereocenters. The molecule has 15 heavy (non-hydrogen) atoms. The van der Waals surface area contributed by atoms with E-state index >= 15 is 0 Å². The minimum absolute atomic E-state index is 0.488. The Labute approximate surface area is 94.8 Å². The van der Waals surface area contributed by atoms with Crippen molar-refractivity contribution in [1.29, 1.82) is 0 Å². The van der Waals surface area contributed by atoms with Crippen molar-refractivity contribution in [3.63, 3.8) is 0 Å². The number of aryl methyl sites for hydroxylation is 1. The monoisotopic (exact) mass is 222 g/mol. The van der Waals surface area contributed by atoms with Gasteiger partial charge in [-0.1, -0.05) is 0 Å². The van der Waals surface area contributed by atoms with E-state index < -0.39 is 0 Å². The molecule has 0 radical (unpaired) electrons. The van der Waals surface area contributed by atoms with Crippen molar-refractivity contribution in [3.05, 3.63) is 29.6 Å². The van der Waals surface area contributed by atoms with Crippen molar-refractivity contribution in [2.75, 3.05) is 7.05 Å². The van der Waals surface area contributed by atoms with Crippen LogP contribution in [0, 0.1) is 6.92 Å². The van der Waals surface area contributed by atoms with Crippen LogP contribution in [0.5, 0.6) is 0 Å². The molecule has 1 aromatic heterocycles. The van der Waals surface area contributed by atoms with Gasteiger partial charge in [0.25, 0.3) is 0 Å². The SMILES string of the molecule is CNC(=S)N/N=C(\C)c1cc(C)ccn1. The third-order valence-corrected chi connectivity index (χ3v) is 2.13. The molecule has 4 nitrogen and oxygen atoms in total. The van der Waals surface area contributed by atoms with Crippen LogP contribution in [-0.2, 0) is 0 Å². The molecule has 0 spiro atoms. The Morgan fingerprint density at radius 2 is 2.27 bits per heavy atom. The largest absolute Gasteiger partial charge is 0.364 e. The predicted molar refractivity (Wildman–Crippen MR) is 66.0 cm³/mol. The maximum Gasteiger partial charge on any atom is 0.186 e. The highest BCUT2D eigenvalue weighted by atomic mass is 32.1. The van der Waals surface area contributed by atoms with Gasteiger partial charge in [0.2, 0.25) is 0 Å². The number of pyridine rings is 1. The summed E-state index contributed by atoms with van der Waals surface area (Å²) < 4.78 is 0. The molecule has 0 atom stereocenters. The second-order valence-electron chi connectivity index (χ2n) is 3.11. The summed E-state index contributed by atoms with van der Waals surface area (Å²) in [7, 11) is 1.74. The Morgan fingerprint density at radius 3 is 2.87 bits per heavy atom. The fourth-order valence-electron chi connectivity index (χ4n) is 0.982. The zero-order valence-corrected chi connectivity index (χ0v) is 9.85. The maximum atomic E-state index is 4.90. The van der Waals surface area contributed by atoms with Gasteiger partial charge in [0.1, 0.15) is 0 Å². The predicted octanol–water partition coefficient (Wildman–Crippen LogP) is 1.21. The minimum atomic E-state index is 0.488. The number of rotatable bonds is 2. The summed E-state index contributed by atoms with van der Waals surface area (Å²) in [4.78, 5) is 4.21. The van der Waals surface area contributed by atoms with Crippen LogP contribution >= 0.6 is 12.2 Å². The van der Waals surface area contributed by atoms with E-state index in [4.69, 9.17) is 12.2 Å². The fourth-order valence-corrected chi connectivity index (χ4v) is 1.03. The lowest BCUT2D eigenvalue weighted by Crippen LogP contribution is -2.29. The molecular formula is C10H14N4S. The first kappa shape index (κ1) is 11.6. The van der Waals surface area contributed by atoms with E-state index in [2.05, 4.69) is 20.8 Å². The Bertz CT molecular complexity index is 387. The van der Waals surface area contributed by atoms with Crippen molar-refractivity contribution < 1.29 is 0 Å². The van der Waals surface area contributed by atoms with Crippen LogP contribution in [0.25, 0.3) is 0 Å². The van der Waals surface area contributed by atoms with Gasteiger partial charge >= 0.3 is 0 Å². The third-order valence-electron chi connectivity index (χ3n) is 1.84. The van der Waals surface area contributed by atoms with Crippen LogP contribution in [0.2, 0.25) is 0 Å². The second kappa shape index (κ2) is 5.41. The Kier molecular flexibility index (Phi) is 4.17. The summed E-state index contributed by atoms with van der Waals surface area (Å²) >= 11 is 4.90. The lowest BCUT2D eigenvalue weighted by Gasteiger charge is -2.03. The molecule has 0 aliphatic rings. The topological polar surface area (TPSA) is 49.3 Å². The molecule has 2 N–H and O–H groups in total. The molecule has 0 saturated heterocycles. The van der Waals surface area contributed by atoms with Crippen molar-refractivity contribution in [2.24, 2.45) is 5.10 Å². The van der Waals surface area contributed by atoms with Gasteiger partial charge in [-0.15, -0.1) is 0 Å².